The van der Waals surface area contributed by atoms with Crippen molar-refractivity contribution in [2.24, 2.45) is 0 Å². The second kappa shape index (κ2) is 5.09. The van der Waals surface area contributed by atoms with Crippen molar-refractivity contribution in [3.05, 3.63) is 23.5 Å². The Labute approximate surface area is 113 Å². The van der Waals surface area contributed by atoms with Crippen molar-refractivity contribution in [1.29, 1.82) is 0 Å². The zero-order valence-electron chi connectivity index (χ0n) is 11.2. The van der Waals surface area contributed by atoms with Crippen LogP contribution < -0.4 is 5.73 Å². The Hall–Kier alpha value is -1.14. The van der Waals surface area contributed by atoms with Crippen molar-refractivity contribution in [1.82, 2.24) is 4.31 Å². The number of anilines is 1. The molecule has 4 nitrogen and oxygen atoms in total. The summed E-state index contributed by atoms with van der Waals surface area (Å²) in [6.45, 7) is 4.05. The Morgan fingerprint density at radius 2 is 2.16 bits per heavy atom. The minimum atomic E-state index is -3.79. The maximum Gasteiger partial charge on any atom is 0.246 e. The van der Waals surface area contributed by atoms with Gasteiger partial charge in [0, 0.05) is 18.3 Å². The minimum Gasteiger partial charge on any atom is -0.398 e. The molecule has 1 atom stereocenters. The highest BCUT2D eigenvalue weighted by atomic mass is 32.2. The van der Waals surface area contributed by atoms with Crippen LogP contribution in [0.5, 0.6) is 0 Å². The molecule has 1 aromatic carbocycles. The normalized spacial score (nSPS) is 20.9. The highest BCUT2D eigenvalue weighted by molar-refractivity contribution is 7.89. The lowest BCUT2D eigenvalue weighted by Gasteiger charge is -2.23. The molecule has 0 saturated carbocycles. The largest absolute Gasteiger partial charge is 0.398 e. The number of hydrogen-bond acceptors (Lipinski definition) is 3. The molecule has 2 N–H and O–H groups in total. The Kier molecular flexibility index (Phi) is 3.82. The van der Waals surface area contributed by atoms with Gasteiger partial charge in [-0.1, -0.05) is 6.92 Å². The van der Waals surface area contributed by atoms with Gasteiger partial charge in [-0.05, 0) is 43.9 Å². The molecule has 0 spiro atoms. The molecule has 1 saturated heterocycles. The van der Waals surface area contributed by atoms with E-state index in [1.807, 2.05) is 6.92 Å². The van der Waals surface area contributed by atoms with Crippen LogP contribution in [0.4, 0.5) is 10.1 Å². The van der Waals surface area contributed by atoms with E-state index in [4.69, 9.17) is 5.73 Å². The van der Waals surface area contributed by atoms with Gasteiger partial charge in [-0.15, -0.1) is 0 Å². The topological polar surface area (TPSA) is 63.4 Å². The van der Waals surface area contributed by atoms with E-state index in [-0.39, 0.29) is 10.9 Å². The van der Waals surface area contributed by atoms with Gasteiger partial charge in [-0.2, -0.15) is 4.31 Å². The van der Waals surface area contributed by atoms with Crippen LogP contribution in [-0.2, 0) is 10.0 Å². The van der Waals surface area contributed by atoms with Crippen LogP contribution in [0.15, 0.2) is 17.0 Å². The first-order chi connectivity index (χ1) is 8.87. The molecule has 1 aromatic rings. The van der Waals surface area contributed by atoms with Gasteiger partial charge in [0.1, 0.15) is 10.7 Å². The van der Waals surface area contributed by atoms with E-state index in [1.54, 1.807) is 6.92 Å². The van der Waals surface area contributed by atoms with Gasteiger partial charge in [0.15, 0.2) is 0 Å². The molecule has 1 heterocycles. The molecule has 1 aliphatic rings. The number of aryl methyl sites for hydroxylation is 1. The summed E-state index contributed by atoms with van der Waals surface area (Å²) in [7, 11) is -3.79. The van der Waals surface area contributed by atoms with Crippen LogP contribution in [0, 0.1) is 12.7 Å². The van der Waals surface area contributed by atoms with Gasteiger partial charge in [0.25, 0.3) is 0 Å². The lowest BCUT2D eigenvalue weighted by molar-refractivity contribution is 0.377. The molecule has 1 unspecified atom stereocenters. The number of nitrogens with zero attached hydrogens (tertiary/aromatic N) is 1. The van der Waals surface area contributed by atoms with Gasteiger partial charge in [0.05, 0.1) is 0 Å². The van der Waals surface area contributed by atoms with Crippen molar-refractivity contribution in [2.75, 3.05) is 12.3 Å². The van der Waals surface area contributed by atoms with E-state index in [0.717, 1.165) is 19.3 Å². The zero-order chi connectivity index (χ0) is 14.2. The summed E-state index contributed by atoms with van der Waals surface area (Å²) < 4.78 is 40.4. The standard InChI is InChI=1S/C13H19FN2O2S/c1-3-10-5-4-6-16(10)19(17,18)13-8-12(15)9(2)7-11(13)14/h7-8,10H,3-6,15H2,1-2H3. The third-order valence-corrected chi connectivity index (χ3v) is 5.67. The third kappa shape index (κ3) is 2.47. The first-order valence-electron chi connectivity index (χ1n) is 6.45. The molecule has 0 amide bonds. The molecular weight excluding hydrogens is 267 g/mol. The number of nitrogen functional groups attached to an aromatic ring is 1. The predicted molar refractivity (Wildman–Crippen MR) is 72.8 cm³/mol. The van der Waals surface area contributed by atoms with Crippen molar-refractivity contribution in [2.45, 2.75) is 44.0 Å². The number of nitrogens with two attached hydrogens (primary N) is 1. The van der Waals surface area contributed by atoms with Crippen molar-refractivity contribution < 1.29 is 12.8 Å². The number of halogens is 1. The molecule has 0 aliphatic carbocycles. The Morgan fingerprint density at radius 1 is 1.47 bits per heavy atom. The van der Waals surface area contributed by atoms with E-state index in [1.165, 1.54) is 16.4 Å². The first-order valence-corrected chi connectivity index (χ1v) is 7.89. The summed E-state index contributed by atoms with van der Waals surface area (Å²) in [6.07, 6.45) is 2.39. The van der Waals surface area contributed by atoms with E-state index in [2.05, 4.69) is 0 Å². The van der Waals surface area contributed by atoms with E-state index >= 15 is 0 Å². The monoisotopic (exact) mass is 286 g/mol. The lowest BCUT2D eigenvalue weighted by atomic mass is 10.2. The summed E-state index contributed by atoms with van der Waals surface area (Å²) in [5, 5.41) is 0. The van der Waals surface area contributed by atoms with E-state index in [0.29, 0.717) is 17.8 Å². The predicted octanol–water partition coefficient (Wildman–Crippen LogP) is 2.28. The maximum absolute atomic E-state index is 13.9. The summed E-state index contributed by atoms with van der Waals surface area (Å²) in [6, 6.07) is 2.37. The van der Waals surface area contributed by atoms with Crippen LogP contribution in [0.1, 0.15) is 31.7 Å². The second-order valence-electron chi connectivity index (χ2n) is 4.96. The van der Waals surface area contributed by atoms with Crippen molar-refractivity contribution >= 4 is 15.7 Å². The molecule has 0 aromatic heterocycles. The average molecular weight is 286 g/mol. The van der Waals surface area contributed by atoms with Gasteiger partial charge < -0.3 is 5.73 Å². The maximum atomic E-state index is 13.9. The fraction of sp³-hybridized carbons (Fsp3) is 0.538. The average Bonchev–Trinajstić information content (AvgIpc) is 2.82. The molecule has 1 fully saturated rings. The van der Waals surface area contributed by atoms with Crippen LogP contribution in [0.2, 0.25) is 0 Å². The summed E-state index contributed by atoms with van der Waals surface area (Å²) in [5.74, 6) is -0.728. The highest BCUT2D eigenvalue weighted by Crippen LogP contribution is 2.30. The quantitative estimate of drug-likeness (QED) is 0.867. The molecule has 6 heteroatoms. The number of rotatable bonds is 3. The van der Waals surface area contributed by atoms with Crippen LogP contribution in [-0.4, -0.2) is 25.3 Å². The first kappa shape index (κ1) is 14.3. The van der Waals surface area contributed by atoms with Crippen molar-refractivity contribution in [3.63, 3.8) is 0 Å². The molecule has 2 rings (SSSR count). The zero-order valence-corrected chi connectivity index (χ0v) is 12.0. The lowest BCUT2D eigenvalue weighted by Crippen LogP contribution is -2.35. The summed E-state index contributed by atoms with van der Waals surface area (Å²) in [4.78, 5) is -0.309. The van der Waals surface area contributed by atoms with E-state index < -0.39 is 15.8 Å². The summed E-state index contributed by atoms with van der Waals surface area (Å²) in [5.41, 5.74) is 6.55. The Balaban J connectivity index is 2.48. The highest BCUT2D eigenvalue weighted by Gasteiger charge is 2.35. The number of benzene rings is 1. The van der Waals surface area contributed by atoms with Gasteiger partial charge >= 0.3 is 0 Å². The Morgan fingerprint density at radius 3 is 2.79 bits per heavy atom. The Bertz CT molecular complexity index is 587. The summed E-state index contributed by atoms with van der Waals surface area (Å²) >= 11 is 0. The molecule has 106 valence electrons. The second-order valence-corrected chi connectivity index (χ2v) is 6.82. The molecule has 0 radical (unpaired) electrons. The fourth-order valence-corrected chi connectivity index (χ4v) is 4.38. The molecule has 1 aliphatic heterocycles. The van der Waals surface area contributed by atoms with Crippen molar-refractivity contribution in [3.8, 4) is 0 Å². The molecule has 19 heavy (non-hydrogen) atoms. The molecular formula is C13H19FN2O2S. The number of hydrogen-bond donors (Lipinski definition) is 1. The van der Waals surface area contributed by atoms with Crippen LogP contribution >= 0.6 is 0 Å². The molecule has 0 bridgehead atoms. The SMILES string of the molecule is CCC1CCCN1S(=O)(=O)c1cc(N)c(C)cc1F. The minimum absolute atomic E-state index is 0.0353. The number of sulfonamides is 1. The smallest absolute Gasteiger partial charge is 0.246 e. The van der Waals surface area contributed by atoms with Crippen LogP contribution in [0.3, 0.4) is 0 Å². The van der Waals surface area contributed by atoms with Gasteiger partial charge in [-0.3, -0.25) is 0 Å². The van der Waals surface area contributed by atoms with E-state index in [9.17, 15) is 12.8 Å². The van der Waals surface area contributed by atoms with Crippen LogP contribution in [0.25, 0.3) is 0 Å². The van der Waals surface area contributed by atoms with Gasteiger partial charge in [0.2, 0.25) is 10.0 Å². The third-order valence-electron chi connectivity index (χ3n) is 3.70. The fourth-order valence-electron chi connectivity index (χ4n) is 2.53. The van der Waals surface area contributed by atoms with Gasteiger partial charge in [-0.25, -0.2) is 12.8 Å².